The molecule has 1 atom stereocenters. The summed E-state index contributed by atoms with van der Waals surface area (Å²) in [5.41, 5.74) is 1.29. The van der Waals surface area contributed by atoms with E-state index in [1.165, 1.54) is 5.69 Å². The van der Waals surface area contributed by atoms with Crippen molar-refractivity contribution in [2.75, 3.05) is 26.3 Å². The summed E-state index contributed by atoms with van der Waals surface area (Å²) in [5.74, 6) is 2.07. The zero-order chi connectivity index (χ0) is 15.4. The maximum Gasteiger partial charge on any atom is 0.123 e. The average molecular weight is 303 g/mol. The quantitative estimate of drug-likeness (QED) is 0.823. The van der Waals surface area contributed by atoms with E-state index >= 15 is 0 Å². The average Bonchev–Trinajstić information content (AvgIpc) is 3.21. The first-order valence-corrected chi connectivity index (χ1v) is 8.23. The lowest BCUT2D eigenvalue weighted by atomic mass is 10.1. The smallest absolute Gasteiger partial charge is 0.123 e. The Morgan fingerprint density at radius 2 is 2.18 bits per heavy atom. The van der Waals surface area contributed by atoms with Gasteiger partial charge in [-0.1, -0.05) is 6.92 Å². The summed E-state index contributed by atoms with van der Waals surface area (Å²) in [5, 5.41) is 4.34. The second-order valence-corrected chi connectivity index (χ2v) is 5.67. The third-order valence-electron chi connectivity index (χ3n) is 4.36. The van der Waals surface area contributed by atoms with Gasteiger partial charge in [-0.15, -0.1) is 0 Å². The number of ether oxygens (including phenoxy) is 1. The Balaban J connectivity index is 1.67. The summed E-state index contributed by atoms with van der Waals surface area (Å²) in [6, 6.07) is 6.52. The standard InChI is InChI=1S/C17H25N3O2/c1-3-15-5-6-17(22-15)16-13-21-12-11-19(16)10-8-14-7-9-18-20(14)4-2/h5-7,9,16H,3-4,8,10-13H2,1-2H3. The Morgan fingerprint density at radius 3 is 2.95 bits per heavy atom. The Morgan fingerprint density at radius 1 is 1.27 bits per heavy atom. The first kappa shape index (κ1) is 15.3. The summed E-state index contributed by atoms with van der Waals surface area (Å²) in [6.07, 6.45) is 3.82. The maximum absolute atomic E-state index is 5.95. The van der Waals surface area contributed by atoms with Crippen molar-refractivity contribution in [1.29, 1.82) is 0 Å². The SMILES string of the molecule is CCc1ccc(C2COCCN2CCc2ccnn2CC)o1. The number of hydrogen-bond donors (Lipinski definition) is 0. The van der Waals surface area contributed by atoms with Crippen LogP contribution >= 0.6 is 0 Å². The monoisotopic (exact) mass is 303 g/mol. The van der Waals surface area contributed by atoms with Crippen molar-refractivity contribution in [3.63, 3.8) is 0 Å². The third kappa shape index (κ3) is 3.25. The van der Waals surface area contributed by atoms with E-state index in [1.54, 1.807) is 0 Å². The summed E-state index contributed by atoms with van der Waals surface area (Å²) in [4.78, 5) is 2.47. The van der Waals surface area contributed by atoms with Crippen LogP contribution in [0.1, 0.15) is 37.1 Å². The van der Waals surface area contributed by atoms with Crippen LogP contribution < -0.4 is 0 Å². The number of morpholine rings is 1. The Kier molecular flexibility index (Phi) is 4.95. The van der Waals surface area contributed by atoms with Gasteiger partial charge in [0.15, 0.2) is 0 Å². The minimum atomic E-state index is 0.229. The lowest BCUT2D eigenvalue weighted by molar-refractivity contribution is -0.0159. The molecule has 1 saturated heterocycles. The minimum Gasteiger partial charge on any atom is -0.464 e. The number of aromatic nitrogens is 2. The van der Waals surface area contributed by atoms with Crippen LogP contribution in [0.15, 0.2) is 28.8 Å². The highest BCUT2D eigenvalue weighted by atomic mass is 16.5. The van der Waals surface area contributed by atoms with E-state index < -0.39 is 0 Å². The highest BCUT2D eigenvalue weighted by Crippen LogP contribution is 2.26. The summed E-state index contributed by atoms with van der Waals surface area (Å²) in [7, 11) is 0. The molecule has 0 aromatic carbocycles. The van der Waals surface area contributed by atoms with E-state index in [4.69, 9.17) is 9.15 Å². The largest absolute Gasteiger partial charge is 0.464 e. The molecule has 5 heteroatoms. The van der Waals surface area contributed by atoms with Gasteiger partial charge in [-0.05, 0) is 25.1 Å². The molecule has 3 rings (SSSR count). The van der Waals surface area contributed by atoms with Crippen LogP contribution in [0.3, 0.4) is 0 Å². The van der Waals surface area contributed by atoms with Crippen molar-refractivity contribution in [3.05, 3.63) is 41.6 Å². The molecule has 0 saturated carbocycles. The molecule has 1 fully saturated rings. The molecule has 0 bridgehead atoms. The minimum absolute atomic E-state index is 0.229. The topological polar surface area (TPSA) is 43.4 Å². The van der Waals surface area contributed by atoms with E-state index in [0.29, 0.717) is 6.61 Å². The fourth-order valence-corrected chi connectivity index (χ4v) is 3.05. The molecule has 120 valence electrons. The van der Waals surface area contributed by atoms with E-state index in [0.717, 1.165) is 50.6 Å². The maximum atomic E-state index is 5.95. The lowest BCUT2D eigenvalue weighted by Gasteiger charge is -2.34. The van der Waals surface area contributed by atoms with Crippen LogP contribution in [0, 0.1) is 0 Å². The lowest BCUT2D eigenvalue weighted by Crippen LogP contribution is -2.40. The molecule has 1 unspecified atom stereocenters. The summed E-state index contributed by atoms with van der Waals surface area (Å²) < 4.78 is 13.7. The zero-order valence-electron chi connectivity index (χ0n) is 13.5. The molecular formula is C17H25N3O2. The van der Waals surface area contributed by atoms with E-state index in [9.17, 15) is 0 Å². The molecule has 22 heavy (non-hydrogen) atoms. The fourth-order valence-electron chi connectivity index (χ4n) is 3.05. The number of aryl methyl sites for hydroxylation is 2. The van der Waals surface area contributed by atoms with E-state index in [-0.39, 0.29) is 6.04 Å². The molecule has 1 aliphatic heterocycles. The summed E-state index contributed by atoms with van der Waals surface area (Å²) >= 11 is 0. The molecule has 0 radical (unpaired) electrons. The van der Waals surface area contributed by atoms with Gasteiger partial charge in [0.05, 0.1) is 19.3 Å². The van der Waals surface area contributed by atoms with Crippen molar-refractivity contribution < 1.29 is 9.15 Å². The predicted molar refractivity (Wildman–Crippen MR) is 84.8 cm³/mol. The second kappa shape index (κ2) is 7.11. The van der Waals surface area contributed by atoms with Crippen LogP contribution in [0.25, 0.3) is 0 Å². The van der Waals surface area contributed by atoms with Crippen molar-refractivity contribution in [3.8, 4) is 0 Å². The first-order valence-electron chi connectivity index (χ1n) is 8.23. The van der Waals surface area contributed by atoms with Gasteiger partial charge in [0.25, 0.3) is 0 Å². The highest BCUT2D eigenvalue weighted by Gasteiger charge is 2.27. The molecule has 2 aromatic heterocycles. The number of nitrogens with zero attached hydrogens (tertiary/aromatic N) is 3. The molecule has 0 aliphatic carbocycles. The number of furan rings is 1. The molecule has 0 spiro atoms. The second-order valence-electron chi connectivity index (χ2n) is 5.67. The van der Waals surface area contributed by atoms with Gasteiger partial charge in [0, 0.05) is 44.4 Å². The van der Waals surface area contributed by atoms with Gasteiger partial charge >= 0.3 is 0 Å². The number of hydrogen-bond acceptors (Lipinski definition) is 4. The van der Waals surface area contributed by atoms with Crippen LogP contribution in [-0.2, 0) is 24.1 Å². The Labute approximate surface area is 131 Å². The van der Waals surface area contributed by atoms with Crippen molar-refractivity contribution >= 4 is 0 Å². The Hall–Kier alpha value is -1.59. The first-order chi connectivity index (χ1) is 10.8. The van der Waals surface area contributed by atoms with Crippen molar-refractivity contribution in [2.45, 2.75) is 39.3 Å². The van der Waals surface area contributed by atoms with Gasteiger partial charge in [-0.3, -0.25) is 9.58 Å². The molecule has 3 heterocycles. The fraction of sp³-hybridized carbons (Fsp3) is 0.588. The normalized spacial score (nSPS) is 19.6. The zero-order valence-corrected chi connectivity index (χ0v) is 13.5. The molecule has 2 aromatic rings. The van der Waals surface area contributed by atoms with Gasteiger partial charge in [0.1, 0.15) is 11.5 Å². The third-order valence-corrected chi connectivity index (χ3v) is 4.36. The van der Waals surface area contributed by atoms with Gasteiger partial charge < -0.3 is 9.15 Å². The molecular weight excluding hydrogens is 278 g/mol. The highest BCUT2D eigenvalue weighted by molar-refractivity contribution is 5.12. The molecule has 0 N–H and O–H groups in total. The van der Waals surface area contributed by atoms with Crippen LogP contribution in [-0.4, -0.2) is 41.0 Å². The molecule has 5 nitrogen and oxygen atoms in total. The van der Waals surface area contributed by atoms with E-state index in [2.05, 4.69) is 46.7 Å². The van der Waals surface area contributed by atoms with E-state index in [1.807, 2.05) is 6.20 Å². The molecule has 0 amide bonds. The van der Waals surface area contributed by atoms with Crippen LogP contribution in [0.2, 0.25) is 0 Å². The Bertz CT molecular complexity index is 590. The predicted octanol–water partition coefficient (Wildman–Crippen LogP) is 2.67. The van der Waals surface area contributed by atoms with Crippen molar-refractivity contribution in [2.24, 2.45) is 0 Å². The number of rotatable bonds is 6. The van der Waals surface area contributed by atoms with Crippen LogP contribution in [0.4, 0.5) is 0 Å². The van der Waals surface area contributed by atoms with Gasteiger partial charge in [0.2, 0.25) is 0 Å². The van der Waals surface area contributed by atoms with Gasteiger partial charge in [-0.2, -0.15) is 5.10 Å². The molecule has 1 aliphatic rings. The summed E-state index contributed by atoms with van der Waals surface area (Å²) in [6.45, 7) is 8.63. The van der Waals surface area contributed by atoms with Crippen molar-refractivity contribution in [1.82, 2.24) is 14.7 Å². The van der Waals surface area contributed by atoms with Crippen LogP contribution in [0.5, 0.6) is 0 Å². The van der Waals surface area contributed by atoms with Gasteiger partial charge in [-0.25, -0.2) is 0 Å².